The third-order valence-electron chi connectivity index (χ3n) is 4.85. The van der Waals surface area contributed by atoms with E-state index in [1.54, 1.807) is 0 Å². The average Bonchev–Trinajstić information content (AvgIpc) is 2.97. The van der Waals surface area contributed by atoms with Crippen LogP contribution in [0.15, 0.2) is 24.3 Å². The van der Waals surface area contributed by atoms with Crippen molar-refractivity contribution >= 4 is 11.0 Å². The van der Waals surface area contributed by atoms with Gasteiger partial charge in [0.1, 0.15) is 5.82 Å². The van der Waals surface area contributed by atoms with Gasteiger partial charge in [0.15, 0.2) is 0 Å². The Morgan fingerprint density at radius 3 is 2.76 bits per heavy atom. The maximum absolute atomic E-state index is 9.78. The Balaban J connectivity index is 1.66. The number of aromatic nitrogens is 2. The highest BCUT2D eigenvalue weighted by Gasteiger charge is 2.31. The van der Waals surface area contributed by atoms with E-state index in [-0.39, 0.29) is 18.1 Å². The largest absolute Gasteiger partial charge is 0.396 e. The summed E-state index contributed by atoms with van der Waals surface area (Å²) >= 11 is 0. The van der Waals surface area contributed by atoms with Gasteiger partial charge in [0.2, 0.25) is 0 Å². The molecule has 21 heavy (non-hydrogen) atoms. The normalized spacial score (nSPS) is 19.7. The smallest absolute Gasteiger partial charge is 0.124 e. The Bertz CT molecular complexity index is 553. The zero-order valence-corrected chi connectivity index (χ0v) is 12.7. The van der Waals surface area contributed by atoms with Crippen LogP contribution < -0.4 is 5.32 Å². The summed E-state index contributed by atoms with van der Waals surface area (Å²) in [5.41, 5.74) is 2.16. The number of imidazole rings is 1. The molecule has 3 N–H and O–H groups in total. The second-order valence-corrected chi connectivity index (χ2v) is 6.46. The Labute approximate surface area is 126 Å². The van der Waals surface area contributed by atoms with Crippen molar-refractivity contribution in [1.82, 2.24) is 15.3 Å². The van der Waals surface area contributed by atoms with Gasteiger partial charge in [-0.25, -0.2) is 4.98 Å². The molecule has 1 heterocycles. The first-order chi connectivity index (χ1) is 10.2. The lowest BCUT2D eigenvalue weighted by atomic mass is 9.74. The van der Waals surface area contributed by atoms with Crippen molar-refractivity contribution in [3.05, 3.63) is 30.1 Å². The Hall–Kier alpha value is -1.39. The van der Waals surface area contributed by atoms with Crippen LogP contribution in [0.25, 0.3) is 11.0 Å². The van der Waals surface area contributed by atoms with E-state index in [4.69, 9.17) is 0 Å². The highest BCUT2D eigenvalue weighted by Crippen LogP contribution is 2.35. The monoisotopic (exact) mass is 287 g/mol. The van der Waals surface area contributed by atoms with Crippen molar-refractivity contribution in [1.29, 1.82) is 0 Å². The molecule has 1 aromatic heterocycles. The van der Waals surface area contributed by atoms with E-state index in [9.17, 15) is 5.11 Å². The van der Waals surface area contributed by atoms with Crippen molar-refractivity contribution in [2.24, 2.45) is 5.41 Å². The molecule has 114 valence electrons. The fraction of sp³-hybridized carbons (Fsp3) is 0.588. The fourth-order valence-corrected chi connectivity index (χ4v) is 3.34. The van der Waals surface area contributed by atoms with Crippen molar-refractivity contribution in [2.75, 3.05) is 13.2 Å². The SMILES string of the molecule is CC(NCC1(CO)CCCCC1)c1nc2ccccc2[nH]1. The van der Waals surface area contributed by atoms with E-state index in [2.05, 4.69) is 28.3 Å². The number of aromatic amines is 1. The molecule has 1 aromatic carbocycles. The maximum Gasteiger partial charge on any atom is 0.124 e. The van der Waals surface area contributed by atoms with Gasteiger partial charge in [-0.15, -0.1) is 0 Å². The van der Waals surface area contributed by atoms with Crippen LogP contribution >= 0.6 is 0 Å². The van der Waals surface area contributed by atoms with Crippen LogP contribution in [-0.4, -0.2) is 28.2 Å². The number of rotatable bonds is 5. The molecule has 0 amide bonds. The maximum atomic E-state index is 9.78. The van der Waals surface area contributed by atoms with E-state index in [0.717, 1.165) is 36.2 Å². The number of para-hydroxylation sites is 2. The number of fused-ring (bicyclic) bond motifs is 1. The van der Waals surface area contributed by atoms with Crippen LogP contribution in [0.2, 0.25) is 0 Å². The van der Waals surface area contributed by atoms with Gasteiger partial charge in [0.05, 0.1) is 17.1 Å². The fourth-order valence-electron chi connectivity index (χ4n) is 3.34. The summed E-state index contributed by atoms with van der Waals surface area (Å²) in [5, 5.41) is 13.3. The van der Waals surface area contributed by atoms with Crippen LogP contribution in [0.1, 0.15) is 50.9 Å². The quantitative estimate of drug-likeness (QED) is 0.791. The minimum absolute atomic E-state index is 0.0680. The van der Waals surface area contributed by atoms with E-state index in [0.29, 0.717) is 0 Å². The van der Waals surface area contributed by atoms with Crippen molar-refractivity contribution in [3.8, 4) is 0 Å². The molecule has 2 aromatic rings. The van der Waals surface area contributed by atoms with Crippen LogP contribution in [-0.2, 0) is 0 Å². The molecule has 0 saturated heterocycles. The second-order valence-electron chi connectivity index (χ2n) is 6.46. The molecule has 1 unspecified atom stereocenters. The zero-order valence-electron chi connectivity index (χ0n) is 12.7. The number of hydrogen-bond donors (Lipinski definition) is 3. The number of aliphatic hydroxyl groups is 1. The topological polar surface area (TPSA) is 60.9 Å². The molecular formula is C17H25N3O. The summed E-state index contributed by atoms with van der Waals surface area (Å²) in [5.74, 6) is 0.972. The number of nitrogens with zero attached hydrogens (tertiary/aromatic N) is 1. The number of benzene rings is 1. The van der Waals surface area contributed by atoms with Crippen LogP contribution in [0, 0.1) is 5.41 Å². The van der Waals surface area contributed by atoms with Crippen molar-refractivity contribution < 1.29 is 5.11 Å². The second kappa shape index (κ2) is 6.16. The van der Waals surface area contributed by atoms with Gasteiger partial charge in [-0.3, -0.25) is 0 Å². The number of nitrogens with one attached hydrogen (secondary N) is 2. The molecule has 0 spiro atoms. The summed E-state index contributed by atoms with van der Waals surface area (Å²) in [6.07, 6.45) is 6.04. The van der Waals surface area contributed by atoms with Gasteiger partial charge < -0.3 is 15.4 Å². The van der Waals surface area contributed by atoms with Gasteiger partial charge >= 0.3 is 0 Å². The molecule has 4 nitrogen and oxygen atoms in total. The van der Waals surface area contributed by atoms with Crippen LogP contribution in [0.4, 0.5) is 0 Å². The highest BCUT2D eigenvalue weighted by molar-refractivity contribution is 5.74. The Morgan fingerprint density at radius 2 is 2.05 bits per heavy atom. The summed E-state index contributed by atoms with van der Waals surface area (Å²) in [6, 6.07) is 8.27. The Kier molecular flexibility index (Phi) is 4.27. The molecule has 1 aliphatic rings. The van der Waals surface area contributed by atoms with E-state index in [1.807, 2.05) is 18.2 Å². The third kappa shape index (κ3) is 3.11. The van der Waals surface area contributed by atoms with Crippen LogP contribution in [0.5, 0.6) is 0 Å². The van der Waals surface area contributed by atoms with Gasteiger partial charge in [-0.2, -0.15) is 0 Å². The number of H-pyrrole nitrogens is 1. The number of hydrogen-bond acceptors (Lipinski definition) is 3. The van der Waals surface area contributed by atoms with Gasteiger partial charge in [-0.05, 0) is 31.9 Å². The lowest BCUT2D eigenvalue weighted by molar-refractivity contribution is 0.0786. The minimum atomic E-state index is 0.0680. The van der Waals surface area contributed by atoms with Crippen molar-refractivity contribution in [2.45, 2.75) is 45.1 Å². The molecule has 4 heteroatoms. The molecule has 3 rings (SSSR count). The first-order valence-corrected chi connectivity index (χ1v) is 8.01. The average molecular weight is 287 g/mol. The highest BCUT2D eigenvalue weighted by atomic mass is 16.3. The third-order valence-corrected chi connectivity index (χ3v) is 4.85. The van der Waals surface area contributed by atoms with Crippen LogP contribution in [0.3, 0.4) is 0 Å². The summed E-state index contributed by atoms with van der Waals surface area (Å²) < 4.78 is 0. The molecule has 1 saturated carbocycles. The molecular weight excluding hydrogens is 262 g/mol. The molecule has 1 aliphatic carbocycles. The standard InChI is InChI=1S/C17H25N3O/c1-13(16-19-14-7-3-4-8-15(14)20-16)18-11-17(12-21)9-5-2-6-10-17/h3-4,7-8,13,18,21H,2,5-6,9-12H2,1H3,(H,19,20). The molecule has 0 bridgehead atoms. The number of aliphatic hydroxyl groups excluding tert-OH is 1. The molecule has 1 atom stereocenters. The molecule has 1 fully saturated rings. The first-order valence-electron chi connectivity index (χ1n) is 8.01. The molecule has 0 aliphatic heterocycles. The van der Waals surface area contributed by atoms with Gasteiger partial charge in [0.25, 0.3) is 0 Å². The zero-order chi connectivity index (χ0) is 14.7. The molecule has 0 radical (unpaired) electrons. The lowest BCUT2D eigenvalue weighted by Gasteiger charge is -2.36. The van der Waals surface area contributed by atoms with E-state index < -0.39 is 0 Å². The van der Waals surface area contributed by atoms with E-state index in [1.165, 1.54) is 19.3 Å². The first kappa shape index (κ1) is 14.5. The van der Waals surface area contributed by atoms with Gasteiger partial charge in [-0.1, -0.05) is 31.4 Å². The predicted molar refractivity (Wildman–Crippen MR) is 85.1 cm³/mol. The summed E-state index contributed by atoms with van der Waals surface area (Å²) in [4.78, 5) is 8.02. The Morgan fingerprint density at radius 1 is 1.29 bits per heavy atom. The summed E-state index contributed by atoms with van der Waals surface area (Å²) in [6.45, 7) is 3.28. The lowest BCUT2D eigenvalue weighted by Crippen LogP contribution is -2.40. The minimum Gasteiger partial charge on any atom is -0.396 e. The summed E-state index contributed by atoms with van der Waals surface area (Å²) in [7, 11) is 0. The van der Waals surface area contributed by atoms with E-state index >= 15 is 0 Å². The van der Waals surface area contributed by atoms with Crippen molar-refractivity contribution in [3.63, 3.8) is 0 Å². The predicted octanol–water partition coefficient (Wildman–Crippen LogP) is 3.16. The van der Waals surface area contributed by atoms with Gasteiger partial charge in [0, 0.05) is 18.6 Å².